The minimum Gasteiger partial charge on any atom is -0.457 e. The van der Waals surface area contributed by atoms with Crippen LogP contribution in [0.2, 0.25) is 0 Å². The molecule has 2 nitrogen and oxygen atoms in total. The third-order valence-electron chi connectivity index (χ3n) is 2.71. The number of aryl methyl sites for hydroxylation is 1. The van der Waals surface area contributed by atoms with Gasteiger partial charge in [0.15, 0.2) is 0 Å². The summed E-state index contributed by atoms with van der Waals surface area (Å²) in [6, 6.07) is 15.5. The Bertz CT molecular complexity index is 531. The minimum atomic E-state index is 0.397. The lowest BCUT2D eigenvalue weighted by Gasteiger charge is -2.07. The van der Waals surface area contributed by atoms with E-state index in [1.54, 1.807) is 0 Å². The van der Waals surface area contributed by atoms with E-state index in [1.807, 2.05) is 36.4 Å². The van der Waals surface area contributed by atoms with Crippen molar-refractivity contribution in [2.75, 3.05) is 0 Å². The largest absolute Gasteiger partial charge is 0.457 e. The van der Waals surface area contributed by atoms with Crippen molar-refractivity contribution in [1.82, 2.24) is 0 Å². The molecule has 0 saturated carbocycles. The summed E-state index contributed by atoms with van der Waals surface area (Å²) >= 11 is 4.90. The topological polar surface area (TPSA) is 35.2 Å². The van der Waals surface area contributed by atoms with E-state index in [-0.39, 0.29) is 0 Å². The molecule has 0 aliphatic rings. The van der Waals surface area contributed by atoms with Crippen molar-refractivity contribution >= 4 is 17.2 Å². The van der Waals surface area contributed by atoms with Gasteiger partial charge in [-0.25, -0.2) is 0 Å². The summed E-state index contributed by atoms with van der Waals surface area (Å²) in [4.78, 5) is 0.397. The number of nitrogens with two attached hydrogens (primary N) is 1. The molecule has 2 rings (SSSR count). The highest BCUT2D eigenvalue weighted by atomic mass is 32.1. The van der Waals surface area contributed by atoms with E-state index in [0.29, 0.717) is 4.99 Å². The molecule has 0 radical (unpaired) electrons. The molecule has 0 aliphatic carbocycles. The molecule has 0 atom stereocenters. The van der Waals surface area contributed by atoms with Crippen LogP contribution in [-0.2, 0) is 6.42 Å². The molecule has 2 aromatic rings. The van der Waals surface area contributed by atoms with Crippen LogP contribution in [0.5, 0.6) is 11.5 Å². The SMILES string of the molecule is CCc1ccc(Oc2ccc(C(N)=S)cc2)cc1. The van der Waals surface area contributed by atoms with Crippen LogP contribution in [0.25, 0.3) is 0 Å². The van der Waals surface area contributed by atoms with Gasteiger partial charge in [-0.05, 0) is 48.4 Å². The van der Waals surface area contributed by atoms with E-state index in [1.165, 1.54) is 5.56 Å². The maximum Gasteiger partial charge on any atom is 0.127 e. The zero-order valence-corrected chi connectivity index (χ0v) is 11.0. The second-order valence-electron chi connectivity index (χ2n) is 3.99. The molecule has 92 valence electrons. The molecule has 0 saturated heterocycles. The van der Waals surface area contributed by atoms with Crippen LogP contribution >= 0.6 is 12.2 Å². The zero-order valence-electron chi connectivity index (χ0n) is 10.2. The molecule has 0 fully saturated rings. The van der Waals surface area contributed by atoms with E-state index in [4.69, 9.17) is 22.7 Å². The molecule has 0 aromatic heterocycles. The first kappa shape index (κ1) is 12.6. The lowest BCUT2D eigenvalue weighted by Crippen LogP contribution is -2.08. The summed E-state index contributed by atoms with van der Waals surface area (Å²) in [6.45, 7) is 2.13. The smallest absolute Gasteiger partial charge is 0.127 e. The van der Waals surface area contributed by atoms with Gasteiger partial charge >= 0.3 is 0 Å². The second-order valence-corrected chi connectivity index (χ2v) is 4.43. The second kappa shape index (κ2) is 5.65. The van der Waals surface area contributed by atoms with Crippen LogP contribution in [0.15, 0.2) is 48.5 Å². The van der Waals surface area contributed by atoms with E-state index in [0.717, 1.165) is 23.5 Å². The van der Waals surface area contributed by atoms with Crippen LogP contribution in [0.4, 0.5) is 0 Å². The van der Waals surface area contributed by atoms with Gasteiger partial charge < -0.3 is 10.5 Å². The minimum absolute atomic E-state index is 0.397. The maximum atomic E-state index is 5.73. The molecule has 3 heteroatoms. The predicted octanol–water partition coefficient (Wildman–Crippen LogP) is 3.68. The first-order chi connectivity index (χ1) is 8.69. The number of thiocarbonyl (C=S) groups is 1. The third-order valence-corrected chi connectivity index (χ3v) is 2.94. The maximum absolute atomic E-state index is 5.73. The lowest BCUT2D eigenvalue weighted by atomic mass is 10.2. The first-order valence-electron chi connectivity index (χ1n) is 5.85. The van der Waals surface area contributed by atoms with Gasteiger partial charge in [0.25, 0.3) is 0 Å². The highest BCUT2D eigenvalue weighted by molar-refractivity contribution is 7.80. The Morgan fingerprint density at radius 2 is 1.50 bits per heavy atom. The summed E-state index contributed by atoms with van der Waals surface area (Å²) in [6.07, 6.45) is 1.03. The van der Waals surface area contributed by atoms with Gasteiger partial charge in [-0.2, -0.15) is 0 Å². The van der Waals surface area contributed by atoms with Gasteiger partial charge in [0.1, 0.15) is 16.5 Å². The Hall–Kier alpha value is -1.87. The molecule has 2 N–H and O–H groups in total. The average molecular weight is 257 g/mol. The normalized spacial score (nSPS) is 10.1. The van der Waals surface area contributed by atoms with Gasteiger partial charge in [0.2, 0.25) is 0 Å². The van der Waals surface area contributed by atoms with Crippen molar-refractivity contribution in [2.45, 2.75) is 13.3 Å². The third kappa shape index (κ3) is 3.08. The van der Waals surface area contributed by atoms with Crippen molar-refractivity contribution < 1.29 is 4.74 Å². The number of rotatable bonds is 4. The summed E-state index contributed by atoms with van der Waals surface area (Å²) in [5.74, 6) is 1.61. The fraction of sp³-hybridized carbons (Fsp3) is 0.133. The fourth-order valence-electron chi connectivity index (χ4n) is 1.62. The van der Waals surface area contributed by atoms with E-state index >= 15 is 0 Å². The van der Waals surface area contributed by atoms with Crippen LogP contribution in [-0.4, -0.2) is 4.99 Å². The molecule has 2 aromatic carbocycles. The summed E-state index contributed by atoms with van der Waals surface area (Å²) in [7, 11) is 0. The standard InChI is InChI=1S/C15H15NOS/c1-2-11-3-7-13(8-4-11)17-14-9-5-12(6-10-14)15(16)18/h3-10H,2H2,1H3,(H2,16,18). The summed E-state index contributed by atoms with van der Waals surface area (Å²) < 4.78 is 5.73. The summed E-state index contributed by atoms with van der Waals surface area (Å²) in [5, 5.41) is 0. The van der Waals surface area contributed by atoms with Gasteiger partial charge in [-0.15, -0.1) is 0 Å². The molecule has 0 aliphatic heterocycles. The zero-order chi connectivity index (χ0) is 13.0. The van der Waals surface area contributed by atoms with E-state index < -0.39 is 0 Å². The van der Waals surface area contributed by atoms with Crippen molar-refractivity contribution in [3.05, 3.63) is 59.7 Å². The molecule has 0 bridgehead atoms. The van der Waals surface area contributed by atoms with Crippen LogP contribution in [0.3, 0.4) is 0 Å². The van der Waals surface area contributed by atoms with Gasteiger partial charge in [-0.1, -0.05) is 31.3 Å². The van der Waals surface area contributed by atoms with Crippen LogP contribution in [0.1, 0.15) is 18.1 Å². The van der Waals surface area contributed by atoms with Crippen LogP contribution in [0, 0.1) is 0 Å². The van der Waals surface area contributed by atoms with Crippen molar-refractivity contribution in [1.29, 1.82) is 0 Å². The Labute approximate surface area is 112 Å². The van der Waals surface area contributed by atoms with Gasteiger partial charge in [0.05, 0.1) is 0 Å². The predicted molar refractivity (Wildman–Crippen MR) is 78.2 cm³/mol. The van der Waals surface area contributed by atoms with Gasteiger partial charge in [0, 0.05) is 5.56 Å². The summed E-state index contributed by atoms with van der Waals surface area (Å²) in [5.41, 5.74) is 7.68. The molecule has 0 amide bonds. The number of benzene rings is 2. The molecular weight excluding hydrogens is 242 g/mol. The Morgan fingerprint density at radius 1 is 1.00 bits per heavy atom. The number of hydrogen-bond acceptors (Lipinski definition) is 2. The average Bonchev–Trinajstić information content (AvgIpc) is 2.40. The van der Waals surface area contributed by atoms with Crippen molar-refractivity contribution in [3.63, 3.8) is 0 Å². The molecule has 18 heavy (non-hydrogen) atoms. The van der Waals surface area contributed by atoms with E-state index in [2.05, 4.69) is 19.1 Å². The lowest BCUT2D eigenvalue weighted by molar-refractivity contribution is 0.482. The molecule has 0 heterocycles. The highest BCUT2D eigenvalue weighted by Gasteiger charge is 1.99. The molecule has 0 unspecified atom stereocenters. The Balaban J connectivity index is 2.10. The quantitative estimate of drug-likeness (QED) is 0.849. The molecule has 0 spiro atoms. The monoisotopic (exact) mass is 257 g/mol. The number of ether oxygens (including phenoxy) is 1. The molecular formula is C15H15NOS. The first-order valence-corrected chi connectivity index (χ1v) is 6.26. The Kier molecular flexibility index (Phi) is 3.95. The van der Waals surface area contributed by atoms with Gasteiger partial charge in [-0.3, -0.25) is 0 Å². The number of hydrogen-bond donors (Lipinski definition) is 1. The van der Waals surface area contributed by atoms with E-state index in [9.17, 15) is 0 Å². The highest BCUT2D eigenvalue weighted by Crippen LogP contribution is 2.22. The van der Waals surface area contributed by atoms with Crippen LogP contribution < -0.4 is 10.5 Å². The van der Waals surface area contributed by atoms with Crippen molar-refractivity contribution in [2.24, 2.45) is 5.73 Å². The Morgan fingerprint density at radius 3 is 1.94 bits per heavy atom. The van der Waals surface area contributed by atoms with Crippen molar-refractivity contribution in [3.8, 4) is 11.5 Å². The fourth-order valence-corrected chi connectivity index (χ4v) is 1.75.